The van der Waals surface area contributed by atoms with Crippen LogP contribution >= 0.6 is 0 Å². The Morgan fingerprint density at radius 2 is 1.88 bits per heavy atom. The Labute approximate surface area is 103 Å². The van der Waals surface area contributed by atoms with E-state index in [0.717, 1.165) is 24.7 Å². The molecule has 4 nitrogen and oxygen atoms in total. The van der Waals surface area contributed by atoms with Gasteiger partial charge in [-0.3, -0.25) is 0 Å². The Balaban J connectivity index is 2.10. The quantitative estimate of drug-likeness (QED) is 0.884. The fourth-order valence-corrected chi connectivity index (χ4v) is 2.72. The highest BCUT2D eigenvalue weighted by molar-refractivity contribution is 7.89. The Morgan fingerprint density at radius 1 is 1.29 bits per heavy atom. The number of anilines is 1. The molecule has 1 saturated heterocycles. The summed E-state index contributed by atoms with van der Waals surface area (Å²) >= 11 is 0. The second-order valence-corrected chi connectivity index (χ2v) is 6.27. The lowest BCUT2D eigenvalue weighted by atomic mass is 9.97. The summed E-state index contributed by atoms with van der Waals surface area (Å²) in [6.45, 7) is 4.36. The summed E-state index contributed by atoms with van der Waals surface area (Å²) in [5.41, 5.74) is 1.10. The van der Waals surface area contributed by atoms with Crippen molar-refractivity contribution in [2.24, 2.45) is 5.92 Å². The van der Waals surface area contributed by atoms with Crippen LogP contribution in [0.1, 0.15) is 13.3 Å². The van der Waals surface area contributed by atoms with Crippen LogP contribution in [0.25, 0.3) is 0 Å². The molecule has 1 heterocycles. The molecule has 5 heteroatoms. The molecule has 0 unspecified atom stereocenters. The Hall–Kier alpha value is -1.07. The Morgan fingerprint density at radius 3 is 2.35 bits per heavy atom. The van der Waals surface area contributed by atoms with Gasteiger partial charge in [0.25, 0.3) is 0 Å². The first-order valence-corrected chi connectivity index (χ1v) is 7.33. The topological polar surface area (TPSA) is 49.4 Å². The van der Waals surface area contributed by atoms with Gasteiger partial charge in [-0.1, -0.05) is 6.92 Å². The van der Waals surface area contributed by atoms with Crippen LogP contribution in [-0.4, -0.2) is 28.6 Å². The first-order chi connectivity index (χ1) is 8.06. The van der Waals surface area contributed by atoms with Crippen molar-refractivity contribution in [1.29, 1.82) is 0 Å². The maximum absolute atomic E-state index is 11.5. The van der Waals surface area contributed by atoms with Crippen LogP contribution in [0, 0.1) is 5.92 Å². The number of sulfonamides is 1. The molecule has 0 aromatic heterocycles. The number of benzene rings is 1. The van der Waals surface area contributed by atoms with Gasteiger partial charge in [-0.25, -0.2) is 13.1 Å². The Kier molecular flexibility index (Phi) is 3.40. The molecule has 0 aliphatic carbocycles. The molecular formula is C12H18N2O2S. The number of hydrogen-bond donors (Lipinski definition) is 1. The van der Waals surface area contributed by atoms with Gasteiger partial charge in [0, 0.05) is 18.8 Å². The summed E-state index contributed by atoms with van der Waals surface area (Å²) in [7, 11) is -1.89. The molecule has 1 aromatic rings. The highest BCUT2D eigenvalue weighted by Crippen LogP contribution is 2.27. The molecule has 0 bridgehead atoms. The molecular weight excluding hydrogens is 236 g/mol. The van der Waals surface area contributed by atoms with Crippen LogP contribution in [0.15, 0.2) is 29.2 Å². The van der Waals surface area contributed by atoms with Crippen molar-refractivity contribution in [3.63, 3.8) is 0 Å². The van der Waals surface area contributed by atoms with Gasteiger partial charge >= 0.3 is 0 Å². The Bertz CT molecular complexity index is 476. The van der Waals surface area contributed by atoms with Crippen molar-refractivity contribution in [3.05, 3.63) is 24.3 Å². The maximum atomic E-state index is 11.5. The minimum atomic E-state index is -3.31. The van der Waals surface area contributed by atoms with Crippen molar-refractivity contribution < 1.29 is 8.42 Å². The van der Waals surface area contributed by atoms with E-state index in [-0.39, 0.29) is 0 Å². The van der Waals surface area contributed by atoms with Gasteiger partial charge in [0.2, 0.25) is 10.0 Å². The van der Waals surface area contributed by atoms with Gasteiger partial charge in [0.15, 0.2) is 0 Å². The standard InChI is InChI=1S/C12H18N2O2S/c1-3-10-8-14(9-10)11-4-6-12(7-5-11)17(15,16)13-2/h4-7,10,13H,3,8-9H2,1-2H3. The maximum Gasteiger partial charge on any atom is 0.240 e. The third kappa shape index (κ3) is 2.45. The number of nitrogens with zero attached hydrogens (tertiary/aromatic N) is 1. The molecule has 17 heavy (non-hydrogen) atoms. The summed E-state index contributed by atoms with van der Waals surface area (Å²) < 4.78 is 25.4. The van der Waals surface area contributed by atoms with Gasteiger partial charge in [0.1, 0.15) is 0 Å². The third-order valence-electron chi connectivity index (χ3n) is 3.32. The van der Waals surface area contributed by atoms with E-state index in [1.165, 1.54) is 13.5 Å². The average molecular weight is 254 g/mol. The first kappa shape index (κ1) is 12.4. The van der Waals surface area contributed by atoms with Crippen molar-refractivity contribution in [1.82, 2.24) is 4.72 Å². The van der Waals surface area contributed by atoms with E-state index < -0.39 is 10.0 Å². The fourth-order valence-electron chi connectivity index (χ4n) is 1.99. The van der Waals surface area contributed by atoms with Gasteiger partial charge in [0.05, 0.1) is 4.90 Å². The van der Waals surface area contributed by atoms with Crippen LogP contribution in [-0.2, 0) is 10.0 Å². The molecule has 0 saturated carbocycles. The normalized spacial score (nSPS) is 16.9. The van der Waals surface area contributed by atoms with Crippen LogP contribution in [0.3, 0.4) is 0 Å². The minimum Gasteiger partial charge on any atom is -0.371 e. The highest BCUT2D eigenvalue weighted by Gasteiger charge is 2.25. The second kappa shape index (κ2) is 4.66. The van der Waals surface area contributed by atoms with Gasteiger partial charge in [-0.05, 0) is 43.7 Å². The monoisotopic (exact) mass is 254 g/mol. The molecule has 0 amide bonds. The first-order valence-electron chi connectivity index (χ1n) is 5.85. The van der Waals surface area contributed by atoms with E-state index in [1.807, 2.05) is 12.1 Å². The van der Waals surface area contributed by atoms with Crippen LogP contribution in [0.5, 0.6) is 0 Å². The molecule has 1 aromatic carbocycles. The lowest BCUT2D eigenvalue weighted by Gasteiger charge is -2.40. The zero-order valence-corrected chi connectivity index (χ0v) is 11.0. The van der Waals surface area contributed by atoms with Crippen LogP contribution < -0.4 is 9.62 Å². The molecule has 2 rings (SSSR count). The lowest BCUT2D eigenvalue weighted by molar-refractivity contribution is 0.399. The van der Waals surface area contributed by atoms with E-state index in [2.05, 4.69) is 16.5 Å². The zero-order chi connectivity index (χ0) is 12.5. The summed E-state index contributed by atoms with van der Waals surface area (Å²) in [6.07, 6.45) is 1.21. The van der Waals surface area contributed by atoms with E-state index in [1.54, 1.807) is 12.1 Å². The summed E-state index contributed by atoms with van der Waals surface area (Å²) in [5.74, 6) is 0.788. The zero-order valence-electron chi connectivity index (χ0n) is 10.2. The summed E-state index contributed by atoms with van der Waals surface area (Å²) in [6, 6.07) is 7.05. The summed E-state index contributed by atoms with van der Waals surface area (Å²) in [5, 5.41) is 0. The lowest BCUT2D eigenvalue weighted by Crippen LogP contribution is -2.46. The van der Waals surface area contributed by atoms with Gasteiger partial charge < -0.3 is 4.90 Å². The largest absolute Gasteiger partial charge is 0.371 e. The summed E-state index contributed by atoms with van der Waals surface area (Å²) in [4.78, 5) is 2.58. The molecule has 0 spiro atoms. The molecule has 1 aliphatic rings. The number of rotatable bonds is 4. The van der Waals surface area contributed by atoms with Crippen molar-refractivity contribution in [2.75, 3.05) is 25.0 Å². The van der Waals surface area contributed by atoms with E-state index in [0.29, 0.717) is 4.90 Å². The van der Waals surface area contributed by atoms with Gasteiger partial charge in [-0.2, -0.15) is 0 Å². The molecule has 0 atom stereocenters. The van der Waals surface area contributed by atoms with Gasteiger partial charge in [-0.15, -0.1) is 0 Å². The fraction of sp³-hybridized carbons (Fsp3) is 0.500. The van der Waals surface area contributed by atoms with E-state index >= 15 is 0 Å². The van der Waals surface area contributed by atoms with E-state index in [4.69, 9.17) is 0 Å². The SMILES string of the molecule is CCC1CN(c2ccc(S(=O)(=O)NC)cc2)C1. The van der Waals surface area contributed by atoms with Crippen molar-refractivity contribution in [2.45, 2.75) is 18.2 Å². The second-order valence-electron chi connectivity index (χ2n) is 4.38. The molecule has 1 aliphatic heterocycles. The van der Waals surface area contributed by atoms with Crippen LogP contribution in [0.4, 0.5) is 5.69 Å². The average Bonchev–Trinajstić information content (AvgIpc) is 2.28. The number of hydrogen-bond acceptors (Lipinski definition) is 3. The number of nitrogens with one attached hydrogen (secondary N) is 1. The molecule has 94 valence electrons. The van der Waals surface area contributed by atoms with Crippen molar-refractivity contribution in [3.8, 4) is 0 Å². The highest BCUT2D eigenvalue weighted by atomic mass is 32.2. The van der Waals surface area contributed by atoms with Crippen molar-refractivity contribution >= 4 is 15.7 Å². The smallest absolute Gasteiger partial charge is 0.240 e. The predicted octanol–water partition coefficient (Wildman–Crippen LogP) is 1.44. The molecule has 1 fully saturated rings. The predicted molar refractivity (Wildman–Crippen MR) is 68.7 cm³/mol. The minimum absolute atomic E-state index is 0.316. The third-order valence-corrected chi connectivity index (χ3v) is 4.75. The van der Waals surface area contributed by atoms with Crippen LogP contribution in [0.2, 0.25) is 0 Å². The molecule has 0 radical (unpaired) electrons. The van der Waals surface area contributed by atoms with E-state index in [9.17, 15) is 8.42 Å². The molecule has 1 N–H and O–H groups in total.